The van der Waals surface area contributed by atoms with Gasteiger partial charge in [0.1, 0.15) is 19.0 Å². The summed E-state index contributed by atoms with van der Waals surface area (Å²) in [5, 5.41) is 0. The first-order valence-electron chi connectivity index (χ1n) is 3.28. The minimum absolute atomic E-state index is 0. The molecule has 0 unspecified atom stereocenters. The zero-order valence-corrected chi connectivity index (χ0v) is 7.81. The largest absolute Gasteiger partial charge is 1.00 e. The van der Waals surface area contributed by atoms with Crippen molar-refractivity contribution in [2.24, 2.45) is 17.2 Å². The lowest BCUT2D eigenvalue weighted by Crippen LogP contribution is -1.73. The van der Waals surface area contributed by atoms with Gasteiger partial charge in [0.2, 0.25) is 0 Å². The van der Waals surface area contributed by atoms with Gasteiger partial charge in [-0.25, -0.2) is 15.0 Å². The molecule has 0 aliphatic rings. The molecule has 1 heterocycles. The molecule has 0 aromatic carbocycles. The first-order valence-corrected chi connectivity index (χ1v) is 3.28. The highest BCUT2D eigenvalue weighted by atomic mass is 14.9. The molecule has 12 heavy (non-hydrogen) atoms. The van der Waals surface area contributed by atoms with E-state index < -0.39 is 0 Å². The summed E-state index contributed by atoms with van der Waals surface area (Å²) in [6, 6.07) is 0. The Hall–Kier alpha value is -1.11. The molecule has 0 radical (unpaired) electrons. The van der Waals surface area contributed by atoms with Crippen molar-refractivity contribution in [2.45, 2.75) is 0 Å². The third kappa shape index (κ3) is 23.1. The monoisotopic (exact) mass is 175 g/mol. The average Bonchev–Trinajstić information content (AvgIpc) is 2.29. The van der Waals surface area contributed by atoms with Crippen molar-refractivity contribution in [3.63, 3.8) is 0 Å². The number of hydrogen-bond acceptors (Lipinski definition) is 6. The summed E-state index contributed by atoms with van der Waals surface area (Å²) in [4.78, 5) is 10.7. The van der Waals surface area contributed by atoms with E-state index in [1.54, 1.807) is 0 Å². The molecule has 1 aromatic rings. The average molecular weight is 175 g/mol. The van der Waals surface area contributed by atoms with Crippen molar-refractivity contribution in [2.75, 3.05) is 21.1 Å². The van der Waals surface area contributed by atoms with Crippen LogP contribution in [0.4, 0.5) is 0 Å². The summed E-state index contributed by atoms with van der Waals surface area (Å²) in [5.41, 5.74) is 13.5. The second-order valence-corrected chi connectivity index (χ2v) is 0.794. The topological polar surface area (TPSA) is 117 Å². The highest BCUT2D eigenvalue weighted by Gasteiger charge is 1.59. The summed E-state index contributed by atoms with van der Waals surface area (Å²) < 4.78 is 0. The van der Waals surface area contributed by atoms with E-state index in [0.29, 0.717) is 0 Å². The van der Waals surface area contributed by atoms with Gasteiger partial charge in [-0.3, -0.25) is 0 Å². The van der Waals surface area contributed by atoms with Crippen molar-refractivity contribution in [1.29, 1.82) is 0 Å². The Bertz CT molecular complexity index is 89.0. The molecule has 0 atom stereocenters. The SMILES string of the molecule is CN.CN.CN.[H+].c1ncncn1. The van der Waals surface area contributed by atoms with E-state index >= 15 is 0 Å². The second-order valence-electron chi connectivity index (χ2n) is 0.794. The van der Waals surface area contributed by atoms with Crippen LogP contribution in [0.15, 0.2) is 19.0 Å². The lowest BCUT2D eigenvalue weighted by molar-refractivity contribution is 1.05. The fourth-order valence-electron chi connectivity index (χ4n) is 0.205. The van der Waals surface area contributed by atoms with Crippen LogP contribution in [-0.2, 0) is 0 Å². The molecule has 6 N–H and O–H groups in total. The van der Waals surface area contributed by atoms with Crippen molar-refractivity contribution >= 4 is 0 Å². The molecule has 1 aromatic heterocycles. The van der Waals surface area contributed by atoms with Crippen LogP contribution < -0.4 is 17.2 Å². The maximum Gasteiger partial charge on any atom is 1.00 e. The van der Waals surface area contributed by atoms with E-state index in [4.69, 9.17) is 0 Å². The number of nitrogens with zero attached hydrogens (tertiary/aromatic N) is 3. The lowest BCUT2D eigenvalue weighted by atomic mass is 11.1. The molecule has 72 valence electrons. The Morgan fingerprint density at radius 3 is 0.917 bits per heavy atom. The summed E-state index contributed by atoms with van der Waals surface area (Å²) in [7, 11) is 4.50. The summed E-state index contributed by atoms with van der Waals surface area (Å²) in [6.07, 6.45) is 4.31. The van der Waals surface area contributed by atoms with Crippen molar-refractivity contribution < 1.29 is 1.43 Å². The number of rotatable bonds is 0. The van der Waals surface area contributed by atoms with Gasteiger partial charge in [0, 0.05) is 0 Å². The van der Waals surface area contributed by atoms with Crippen LogP contribution in [0.1, 0.15) is 1.43 Å². The van der Waals surface area contributed by atoms with Crippen LogP contribution in [-0.4, -0.2) is 36.1 Å². The van der Waals surface area contributed by atoms with Gasteiger partial charge in [0.25, 0.3) is 0 Å². The van der Waals surface area contributed by atoms with Crippen LogP contribution in [0.5, 0.6) is 0 Å². The fraction of sp³-hybridized carbons (Fsp3) is 0.500. The number of hydrogen-bond donors (Lipinski definition) is 3. The minimum Gasteiger partial charge on any atom is -0.333 e. The molecule has 0 aliphatic heterocycles. The van der Waals surface area contributed by atoms with Crippen LogP contribution in [0.25, 0.3) is 0 Å². The molecule has 6 heteroatoms. The van der Waals surface area contributed by atoms with E-state index in [0.717, 1.165) is 0 Å². The molecule has 0 spiro atoms. The molecule has 6 nitrogen and oxygen atoms in total. The first-order chi connectivity index (χ1) is 6.00. The van der Waals surface area contributed by atoms with Gasteiger partial charge in [-0.1, -0.05) is 0 Å². The lowest BCUT2D eigenvalue weighted by Gasteiger charge is -1.69. The van der Waals surface area contributed by atoms with Crippen LogP contribution in [0, 0.1) is 0 Å². The van der Waals surface area contributed by atoms with E-state index in [2.05, 4.69) is 32.2 Å². The Labute approximate surface area is 74.7 Å². The van der Waals surface area contributed by atoms with Gasteiger partial charge in [-0.2, -0.15) is 0 Å². The molecule has 1 rings (SSSR count). The molecule has 0 bridgehead atoms. The quantitative estimate of drug-likeness (QED) is 0.451. The van der Waals surface area contributed by atoms with Gasteiger partial charge in [-0.05, 0) is 21.1 Å². The van der Waals surface area contributed by atoms with E-state index in [1.807, 2.05) is 0 Å². The standard InChI is InChI=1S/C3H3N3.3CH5N/c1-4-2-6-3-5-1;3*1-2/h1-3H;3*2H2,1H3/p+1. The Morgan fingerprint density at radius 2 is 0.833 bits per heavy atom. The normalized spacial score (nSPS) is 5.50. The van der Waals surface area contributed by atoms with E-state index in [1.165, 1.54) is 40.1 Å². The van der Waals surface area contributed by atoms with Crippen molar-refractivity contribution in [3.05, 3.63) is 19.0 Å². The predicted octanol–water partition coefficient (Wildman–Crippen LogP) is -1.29. The third-order valence-corrected chi connectivity index (χ3v) is 0.400. The highest BCUT2D eigenvalue weighted by molar-refractivity contribution is 4.51. The Morgan fingerprint density at radius 1 is 0.667 bits per heavy atom. The Balaban J connectivity index is -0.0000000508. The van der Waals surface area contributed by atoms with Crippen LogP contribution in [0.3, 0.4) is 0 Å². The van der Waals surface area contributed by atoms with Crippen molar-refractivity contribution in [1.82, 2.24) is 15.0 Å². The van der Waals surface area contributed by atoms with Gasteiger partial charge < -0.3 is 17.2 Å². The van der Waals surface area contributed by atoms with Gasteiger partial charge >= 0.3 is 1.43 Å². The molecule has 0 saturated carbocycles. The van der Waals surface area contributed by atoms with Crippen LogP contribution in [0.2, 0.25) is 0 Å². The predicted molar refractivity (Wildman–Crippen MR) is 51.3 cm³/mol. The maximum atomic E-state index is 4.50. The molecule has 0 amide bonds. The first kappa shape index (κ1) is 17.1. The molecular formula is C6H19N6+. The summed E-state index contributed by atoms with van der Waals surface area (Å²) >= 11 is 0. The molecule has 0 saturated heterocycles. The van der Waals surface area contributed by atoms with E-state index in [-0.39, 0.29) is 1.43 Å². The van der Waals surface area contributed by atoms with Gasteiger partial charge in [0.05, 0.1) is 0 Å². The second kappa shape index (κ2) is 32.7. The smallest absolute Gasteiger partial charge is 0.333 e. The summed E-state index contributed by atoms with van der Waals surface area (Å²) in [6.45, 7) is 0. The maximum absolute atomic E-state index is 4.50. The molecule has 0 fully saturated rings. The highest BCUT2D eigenvalue weighted by Crippen LogP contribution is 1.57. The third-order valence-electron chi connectivity index (χ3n) is 0.400. The molecular weight excluding hydrogens is 156 g/mol. The molecule has 0 aliphatic carbocycles. The Kier molecular flexibility index (Phi) is 46.6. The van der Waals surface area contributed by atoms with Gasteiger partial charge in [0.15, 0.2) is 0 Å². The van der Waals surface area contributed by atoms with Crippen LogP contribution >= 0.6 is 0 Å². The number of nitrogens with two attached hydrogens (primary N) is 3. The number of aromatic nitrogens is 3. The van der Waals surface area contributed by atoms with Crippen molar-refractivity contribution in [3.8, 4) is 0 Å². The summed E-state index contributed by atoms with van der Waals surface area (Å²) in [5.74, 6) is 0. The zero-order chi connectivity index (χ0) is 10.2. The fourth-order valence-corrected chi connectivity index (χ4v) is 0.205. The zero-order valence-electron chi connectivity index (χ0n) is 8.81. The minimum atomic E-state index is 0. The van der Waals surface area contributed by atoms with E-state index in [9.17, 15) is 0 Å². The van der Waals surface area contributed by atoms with Gasteiger partial charge in [-0.15, -0.1) is 0 Å².